The van der Waals surface area contributed by atoms with Gasteiger partial charge < -0.3 is 19.9 Å². The SMILES string of the molecule is Cc1ccccc1S(=O)(=O)Oc1ccc(NC(=O)Nc2cccc(O)c2)cc1. The number of hydrogen-bond acceptors (Lipinski definition) is 5. The number of phenols is 1. The highest BCUT2D eigenvalue weighted by atomic mass is 32.2. The van der Waals surface area contributed by atoms with Crippen LogP contribution in [0.1, 0.15) is 5.56 Å². The van der Waals surface area contributed by atoms with E-state index in [4.69, 9.17) is 4.18 Å². The van der Waals surface area contributed by atoms with Gasteiger partial charge in [0.15, 0.2) is 0 Å². The zero-order valence-electron chi connectivity index (χ0n) is 14.9. The summed E-state index contributed by atoms with van der Waals surface area (Å²) in [5, 5.41) is 14.6. The predicted molar refractivity (Wildman–Crippen MR) is 106 cm³/mol. The van der Waals surface area contributed by atoms with Crippen molar-refractivity contribution < 1.29 is 22.5 Å². The first-order valence-corrected chi connectivity index (χ1v) is 9.71. The number of carbonyl (C=O) groups excluding carboxylic acids is 1. The smallest absolute Gasteiger partial charge is 0.339 e. The van der Waals surface area contributed by atoms with Crippen molar-refractivity contribution >= 4 is 27.5 Å². The minimum absolute atomic E-state index is 0.0363. The van der Waals surface area contributed by atoms with Gasteiger partial charge in [-0.3, -0.25) is 0 Å². The van der Waals surface area contributed by atoms with Crippen molar-refractivity contribution in [3.05, 3.63) is 78.4 Å². The van der Waals surface area contributed by atoms with Crippen LogP contribution in [0.15, 0.2) is 77.7 Å². The summed E-state index contributed by atoms with van der Waals surface area (Å²) in [6.07, 6.45) is 0. The lowest BCUT2D eigenvalue weighted by molar-refractivity contribution is 0.262. The summed E-state index contributed by atoms with van der Waals surface area (Å²) < 4.78 is 29.9. The Bertz CT molecular complexity index is 1100. The normalized spacial score (nSPS) is 10.9. The zero-order chi connectivity index (χ0) is 20.1. The number of phenolic OH excluding ortho intramolecular Hbond substituents is 1. The van der Waals surface area contributed by atoms with Crippen LogP contribution in [0.2, 0.25) is 0 Å². The Morgan fingerprint density at radius 2 is 1.57 bits per heavy atom. The van der Waals surface area contributed by atoms with E-state index in [-0.39, 0.29) is 16.4 Å². The molecule has 0 heterocycles. The molecule has 8 heteroatoms. The first-order chi connectivity index (χ1) is 13.3. The maximum atomic E-state index is 12.4. The Balaban J connectivity index is 1.65. The number of hydrogen-bond donors (Lipinski definition) is 3. The van der Waals surface area contributed by atoms with Crippen LogP contribution < -0.4 is 14.8 Å². The molecule has 3 rings (SSSR count). The van der Waals surface area contributed by atoms with Gasteiger partial charge in [0.05, 0.1) is 0 Å². The van der Waals surface area contributed by atoms with Crippen LogP contribution >= 0.6 is 0 Å². The molecule has 0 atom stereocenters. The van der Waals surface area contributed by atoms with E-state index >= 15 is 0 Å². The largest absolute Gasteiger partial charge is 0.508 e. The third-order valence-electron chi connectivity index (χ3n) is 3.79. The highest BCUT2D eigenvalue weighted by molar-refractivity contribution is 7.87. The Morgan fingerprint density at radius 3 is 2.25 bits per heavy atom. The predicted octanol–water partition coefficient (Wildman–Crippen LogP) is 4.11. The molecule has 0 unspecified atom stereocenters. The molecule has 3 N–H and O–H groups in total. The van der Waals surface area contributed by atoms with E-state index in [9.17, 15) is 18.3 Å². The number of anilines is 2. The van der Waals surface area contributed by atoms with Gasteiger partial charge in [-0.2, -0.15) is 8.42 Å². The van der Waals surface area contributed by atoms with Crippen molar-refractivity contribution in [3.63, 3.8) is 0 Å². The van der Waals surface area contributed by atoms with Crippen molar-refractivity contribution in [3.8, 4) is 11.5 Å². The monoisotopic (exact) mass is 398 g/mol. The van der Waals surface area contributed by atoms with Crippen LogP contribution in [-0.2, 0) is 10.1 Å². The molecule has 0 aliphatic heterocycles. The first kappa shape index (κ1) is 19.2. The average molecular weight is 398 g/mol. The quantitative estimate of drug-likeness (QED) is 0.561. The van der Waals surface area contributed by atoms with Gasteiger partial charge in [0.1, 0.15) is 16.4 Å². The molecule has 7 nitrogen and oxygen atoms in total. The van der Waals surface area contributed by atoms with E-state index in [1.165, 1.54) is 42.5 Å². The molecular formula is C20H18N2O5S. The second kappa shape index (κ2) is 8.01. The molecule has 3 aromatic carbocycles. The van der Waals surface area contributed by atoms with Gasteiger partial charge in [0, 0.05) is 17.4 Å². The maximum Gasteiger partial charge on any atom is 0.339 e. The molecule has 144 valence electrons. The number of benzene rings is 3. The molecule has 0 saturated carbocycles. The third kappa shape index (κ3) is 4.80. The molecule has 0 bridgehead atoms. The van der Waals surface area contributed by atoms with Crippen molar-refractivity contribution in [2.75, 3.05) is 10.6 Å². The molecule has 0 aliphatic carbocycles. The number of urea groups is 1. The number of aromatic hydroxyl groups is 1. The molecular weight excluding hydrogens is 380 g/mol. The van der Waals surface area contributed by atoms with Crippen LogP contribution in [0.4, 0.5) is 16.2 Å². The number of amides is 2. The minimum atomic E-state index is -3.95. The van der Waals surface area contributed by atoms with E-state index in [0.717, 1.165) is 0 Å². The van der Waals surface area contributed by atoms with Crippen molar-refractivity contribution in [1.82, 2.24) is 0 Å². The minimum Gasteiger partial charge on any atom is -0.508 e. The third-order valence-corrected chi connectivity index (χ3v) is 5.19. The average Bonchev–Trinajstić information content (AvgIpc) is 2.63. The summed E-state index contributed by atoms with van der Waals surface area (Å²) in [6.45, 7) is 1.69. The summed E-state index contributed by atoms with van der Waals surface area (Å²) >= 11 is 0. The molecule has 0 radical (unpaired) electrons. The number of rotatable bonds is 5. The molecule has 3 aromatic rings. The summed E-state index contributed by atoms with van der Waals surface area (Å²) in [7, 11) is -3.95. The van der Waals surface area contributed by atoms with E-state index in [1.54, 1.807) is 37.3 Å². The molecule has 28 heavy (non-hydrogen) atoms. The second-order valence-corrected chi connectivity index (χ2v) is 7.47. The van der Waals surface area contributed by atoms with E-state index in [0.29, 0.717) is 16.9 Å². The molecule has 0 fully saturated rings. The number of nitrogens with one attached hydrogen (secondary N) is 2. The summed E-state index contributed by atoms with van der Waals surface area (Å²) in [5.41, 5.74) is 1.46. The van der Waals surface area contributed by atoms with Crippen molar-refractivity contribution in [2.45, 2.75) is 11.8 Å². The molecule has 2 amide bonds. The van der Waals surface area contributed by atoms with Crippen LogP contribution in [0.5, 0.6) is 11.5 Å². The fourth-order valence-electron chi connectivity index (χ4n) is 2.48. The Kier molecular flexibility index (Phi) is 5.51. The van der Waals surface area contributed by atoms with Crippen molar-refractivity contribution in [1.29, 1.82) is 0 Å². The lowest BCUT2D eigenvalue weighted by Crippen LogP contribution is -2.19. The molecule has 0 aromatic heterocycles. The first-order valence-electron chi connectivity index (χ1n) is 8.31. The van der Waals surface area contributed by atoms with Gasteiger partial charge in [-0.05, 0) is 55.0 Å². The zero-order valence-corrected chi connectivity index (χ0v) is 15.7. The standard InChI is InChI=1S/C20H18N2O5S/c1-14-5-2-3-8-19(14)28(25,26)27-18-11-9-15(10-12-18)21-20(24)22-16-6-4-7-17(23)13-16/h2-13,23H,1H3,(H2,21,22,24). The van der Waals surface area contributed by atoms with Crippen LogP contribution in [-0.4, -0.2) is 19.6 Å². The topological polar surface area (TPSA) is 105 Å². The van der Waals surface area contributed by atoms with Crippen LogP contribution in [0, 0.1) is 6.92 Å². The Labute approximate surface area is 162 Å². The van der Waals surface area contributed by atoms with Crippen LogP contribution in [0.25, 0.3) is 0 Å². The summed E-state index contributed by atoms with van der Waals surface area (Å²) in [5.74, 6) is 0.163. The summed E-state index contributed by atoms with van der Waals surface area (Å²) in [6, 6.07) is 18.1. The fourth-order valence-corrected chi connectivity index (χ4v) is 3.64. The molecule has 0 spiro atoms. The Morgan fingerprint density at radius 1 is 0.893 bits per heavy atom. The van der Waals surface area contributed by atoms with Crippen molar-refractivity contribution in [2.24, 2.45) is 0 Å². The number of aryl methyl sites for hydroxylation is 1. The van der Waals surface area contributed by atoms with Gasteiger partial charge in [0.25, 0.3) is 0 Å². The highest BCUT2D eigenvalue weighted by Gasteiger charge is 2.18. The summed E-state index contributed by atoms with van der Waals surface area (Å²) in [4.78, 5) is 12.1. The van der Waals surface area contributed by atoms with Gasteiger partial charge in [0.2, 0.25) is 0 Å². The molecule has 0 aliphatic rings. The van der Waals surface area contributed by atoms with E-state index < -0.39 is 16.1 Å². The van der Waals surface area contributed by atoms with Gasteiger partial charge in [-0.15, -0.1) is 0 Å². The van der Waals surface area contributed by atoms with E-state index in [2.05, 4.69) is 10.6 Å². The highest BCUT2D eigenvalue weighted by Crippen LogP contribution is 2.23. The molecule has 0 saturated heterocycles. The maximum absolute atomic E-state index is 12.4. The van der Waals surface area contributed by atoms with E-state index in [1.807, 2.05) is 0 Å². The van der Waals surface area contributed by atoms with Gasteiger partial charge in [-0.25, -0.2) is 4.79 Å². The Hall–Kier alpha value is -3.52. The lowest BCUT2D eigenvalue weighted by Gasteiger charge is -2.11. The second-order valence-electron chi connectivity index (χ2n) is 5.96. The lowest BCUT2D eigenvalue weighted by atomic mass is 10.2. The fraction of sp³-hybridized carbons (Fsp3) is 0.0500. The van der Waals surface area contributed by atoms with Gasteiger partial charge >= 0.3 is 16.1 Å². The number of carbonyl (C=O) groups is 1. The van der Waals surface area contributed by atoms with Crippen LogP contribution in [0.3, 0.4) is 0 Å². The van der Waals surface area contributed by atoms with Gasteiger partial charge in [-0.1, -0.05) is 24.3 Å².